The first-order valence-electron chi connectivity index (χ1n) is 8.99. The van der Waals surface area contributed by atoms with Gasteiger partial charge in [0.25, 0.3) is 5.91 Å². The highest BCUT2D eigenvalue weighted by Gasteiger charge is 2.25. The molecule has 0 radical (unpaired) electrons. The molecular weight excluding hydrogens is 340 g/mol. The lowest BCUT2D eigenvalue weighted by Crippen LogP contribution is -2.36. The number of hydrogen-bond donors (Lipinski definition) is 0. The molecule has 4 rings (SSSR count). The van der Waals surface area contributed by atoms with Gasteiger partial charge in [-0.3, -0.25) is 9.48 Å². The topological polar surface area (TPSA) is 60.3 Å². The summed E-state index contributed by atoms with van der Waals surface area (Å²) in [6, 6.07) is 15.4. The van der Waals surface area contributed by atoms with Crippen molar-refractivity contribution in [3.05, 3.63) is 65.5 Å². The number of rotatable bonds is 4. The fraction of sp³-hybridized carbons (Fsp3) is 0.286. The number of carbonyl (C=O) groups excluding carboxylic acids is 1. The van der Waals surface area contributed by atoms with E-state index in [1.165, 1.54) is 5.56 Å². The molecule has 0 N–H and O–H groups in total. The molecule has 0 saturated heterocycles. The van der Waals surface area contributed by atoms with E-state index >= 15 is 0 Å². The van der Waals surface area contributed by atoms with Gasteiger partial charge >= 0.3 is 0 Å². The Morgan fingerprint density at radius 2 is 1.96 bits per heavy atom. The summed E-state index contributed by atoms with van der Waals surface area (Å²) in [5.74, 6) is 2.42. The number of ether oxygens (including phenoxy) is 1. The lowest BCUT2D eigenvalue weighted by atomic mass is 10.1. The molecule has 1 amide bonds. The second kappa shape index (κ2) is 6.87. The predicted octanol–water partition coefficient (Wildman–Crippen LogP) is 2.87. The van der Waals surface area contributed by atoms with Gasteiger partial charge in [0.05, 0.1) is 6.54 Å². The Balaban J connectivity index is 1.42. The van der Waals surface area contributed by atoms with Crippen LogP contribution in [0.4, 0.5) is 0 Å². The van der Waals surface area contributed by atoms with Gasteiger partial charge in [0.15, 0.2) is 5.82 Å². The van der Waals surface area contributed by atoms with E-state index in [-0.39, 0.29) is 12.0 Å². The number of likely N-dealkylation sites (N-methyl/N-ethyl adjacent to an activating group) is 1. The molecule has 1 unspecified atom stereocenters. The van der Waals surface area contributed by atoms with Crippen LogP contribution in [0.2, 0.25) is 0 Å². The molecule has 3 aromatic rings. The zero-order valence-electron chi connectivity index (χ0n) is 15.7. The summed E-state index contributed by atoms with van der Waals surface area (Å²) < 4.78 is 7.68. The van der Waals surface area contributed by atoms with Crippen LogP contribution in [0.1, 0.15) is 21.7 Å². The van der Waals surface area contributed by atoms with E-state index < -0.39 is 0 Å². The van der Waals surface area contributed by atoms with E-state index in [2.05, 4.69) is 16.1 Å². The van der Waals surface area contributed by atoms with Gasteiger partial charge in [0.1, 0.15) is 17.7 Å². The summed E-state index contributed by atoms with van der Waals surface area (Å²) in [6.07, 6.45) is 0.827. The number of amides is 1. The zero-order valence-corrected chi connectivity index (χ0v) is 15.7. The second-order valence-electron chi connectivity index (χ2n) is 6.92. The third-order valence-corrected chi connectivity index (χ3v) is 4.91. The van der Waals surface area contributed by atoms with Crippen molar-refractivity contribution in [2.24, 2.45) is 7.05 Å². The Bertz CT molecular complexity index is 934. The first kappa shape index (κ1) is 17.3. The van der Waals surface area contributed by atoms with Crippen LogP contribution in [0.3, 0.4) is 0 Å². The molecule has 1 aliphatic rings. The number of hydrogen-bond acceptors (Lipinski definition) is 4. The first-order valence-corrected chi connectivity index (χ1v) is 8.99. The maximum Gasteiger partial charge on any atom is 0.253 e. The molecule has 0 fully saturated rings. The Labute approximate surface area is 158 Å². The van der Waals surface area contributed by atoms with Crippen LogP contribution in [-0.2, 0) is 13.5 Å². The Kier molecular flexibility index (Phi) is 4.39. The van der Waals surface area contributed by atoms with Crippen molar-refractivity contribution < 1.29 is 9.53 Å². The third kappa shape index (κ3) is 3.43. The highest BCUT2D eigenvalue weighted by Crippen LogP contribution is 2.28. The molecule has 6 nitrogen and oxygen atoms in total. The van der Waals surface area contributed by atoms with Gasteiger partial charge in [-0.2, -0.15) is 5.10 Å². The fourth-order valence-corrected chi connectivity index (χ4v) is 3.31. The van der Waals surface area contributed by atoms with E-state index in [1.807, 2.05) is 63.5 Å². The number of benzene rings is 2. The highest BCUT2D eigenvalue weighted by molar-refractivity contribution is 5.94. The van der Waals surface area contributed by atoms with Crippen molar-refractivity contribution in [3.63, 3.8) is 0 Å². The molecule has 2 heterocycles. The van der Waals surface area contributed by atoms with Gasteiger partial charge in [0, 0.05) is 31.6 Å². The van der Waals surface area contributed by atoms with Gasteiger partial charge in [-0.1, -0.05) is 30.3 Å². The quantitative estimate of drug-likeness (QED) is 0.716. The van der Waals surface area contributed by atoms with Crippen LogP contribution >= 0.6 is 0 Å². The van der Waals surface area contributed by atoms with Crippen LogP contribution in [0.25, 0.3) is 11.4 Å². The number of para-hydroxylation sites is 1. The molecular formula is C21H22N4O2. The summed E-state index contributed by atoms with van der Waals surface area (Å²) in [7, 11) is 3.67. The lowest BCUT2D eigenvalue weighted by molar-refractivity contribution is 0.0730. The van der Waals surface area contributed by atoms with Crippen molar-refractivity contribution in [1.29, 1.82) is 0 Å². The number of nitrogens with zero attached hydrogens (tertiary/aromatic N) is 4. The molecule has 1 aromatic heterocycles. The number of aryl methyl sites for hydroxylation is 2. The van der Waals surface area contributed by atoms with E-state index in [0.29, 0.717) is 17.9 Å². The SMILES string of the molecule is Cc1nc(-c2ccc(C(=O)N(C)CC3Cc4ccccc4O3)cc2)nn1C. The van der Waals surface area contributed by atoms with Gasteiger partial charge in [-0.15, -0.1) is 0 Å². The van der Waals surface area contributed by atoms with Crippen LogP contribution < -0.4 is 4.74 Å². The largest absolute Gasteiger partial charge is 0.488 e. The summed E-state index contributed by atoms with van der Waals surface area (Å²) in [5, 5.41) is 4.37. The lowest BCUT2D eigenvalue weighted by Gasteiger charge is -2.21. The smallest absolute Gasteiger partial charge is 0.253 e. The van der Waals surface area contributed by atoms with Gasteiger partial charge in [0.2, 0.25) is 0 Å². The summed E-state index contributed by atoms with van der Waals surface area (Å²) in [4.78, 5) is 18.9. The molecule has 1 aliphatic heterocycles. The third-order valence-electron chi connectivity index (χ3n) is 4.91. The molecule has 0 bridgehead atoms. The van der Waals surface area contributed by atoms with Gasteiger partial charge < -0.3 is 9.64 Å². The number of aromatic nitrogens is 3. The minimum absolute atomic E-state index is 0.00341. The average Bonchev–Trinajstić information content (AvgIpc) is 3.23. The maximum atomic E-state index is 12.7. The van der Waals surface area contributed by atoms with Crippen molar-refractivity contribution in [3.8, 4) is 17.1 Å². The molecule has 27 heavy (non-hydrogen) atoms. The second-order valence-corrected chi connectivity index (χ2v) is 6.92. The molecule has 2 aromatic carbocycles. The molecule has 0 saturated carbocycles. The van der Waals surface area contributed by atoms with Crippen molar-refractivity contribution >= 4 is 5.91 Å². The summed E-state index contributed by atoms with van der Waals surface area (Å²) in [6.45, 7) is 2.46. The summed E-state index contributed by atoms with van der Waals surface area (Å²) in [5.41, 5.74) is 2.74. The predicted molar refractivity (Wildman–Crippen MR) is 103 cm³/mol. The van der Waals surface area contributed by atoms with Gasteiger partial charge in [-0.05, 0) is 30.7 Å². The van der Waals surface area contributed by atoms with Crippen molar-refractivity contribution in [1.82, 2.24) is 19.7 Å². The Morgan fingerprint density at radius 1 is 1.22 bits per heavy atom. The first-order chi connectivity index (χ1) is 13.0. The Hall–Kier alpha value is -3.15. The summed E-state index contributed by atoms with van der Waals surface area (Å²) >= 11 is 0. The van der Waals surface area contributed by atoms with Crippen LogP contribution in [0.5, 0.6) is 5.75 Å². The van der Waals surface area contributed by atoms with E-state index in [4.69, 9.17) is 4.74 Å². The number of carbonyl (C=O) groups is 1. The number of fused-ring (bicyclic) bond motifs is 1. The van der Waals surface area contributed by atoms with Crippen LogP contribution in [-0.4, -0.2) is 45.3 Å². The van der Waals surface area contributed by atoms with Crippen molar-refractivity contribution in [2.75, 3.05) is 13.6 Å². The molecule has 6 heteroatoms. The van der Waals surface area contributed by atoms with Crippen LogP contribution in [0, 0.1) is 6.92 Å². The van der Waals surface area contributed by atoms with Crippen LogP contribution in [0.15, 0.2) is 48.5 Å². The maximum absolute atomic E-state index is 12.7. The highest BCUT2D eigenvalue weighted by atomic mass is 16.5. The van der Waals surface area contributed by atoms with Crippen molar-refractivity contribution in [2.45, 2.75) is 19.4 Å². The molecule has 0 aliphatic carbocycles. The zero-order chi connectivity index (χ0) is 19.0. The Morgan fingerprint density at radius 3 is 2.63 bits per heavy atom. The normalized spacial score (nSPS) is 15.3. The average molecular weight is 362 g/mol. The van der Waals surface area contributed by atoms with Gasteiger partial charge in [-0.25, -0.2) is 4.98 Å². The van der Waals surface area contributed by atoms with E-state index in [0.717, 1.165) is 23.6 Å². The monoisotopic (exact) mass is 362 g/mol. The molecule has 0 spiro atoms. The van der Waals surface area contributed by atoms with E-state index in [9.17, 15) is 4.79 Å². The molecule has 1 atom stereocenters. The molecule has 138 valence electrons. The minimum Gasteiger partial charge on any atom is -0.488 e. The standard InChI is InChI=1S/C21H22N4O2/c1-14-22-20(23-25(14)3)15-8-10-16(11-9-15)21(26)24(2)13-18-12-17-6-4-5-7-19(17)27-18/h4-11,18H,12-13H2,1-3H3. The van der Waals surface area contributed by atoms with E-state index in [1.54, 1.807) is 9.58 Å². The minimum atomic E-state index is -0.0220. The fourth-order valence-electron chi connectivity index (χ4n) is 3.31.